The number of phenolic OH excluding ortho intramolecular Hbond substituents is 1. The molecule has 4 aromatic rings. The van der Waals surface area contributed by atoms with E-state index >= 15 is 0 Å². The summed E-state index contributed by atoms with van der Waals surface area (Å²) in [5.41, 5.74) is 7.77. The van der Waals surface area contributed by atoms with Crippen molar-refractivity contribution in [1.29, 1.82) is 0 Å². The molecule has 1 aromatic heterocycles. The number of fused-ring (bicyclic) bond motifs is 1. The maximum absolute atomic E-state index is 13.0. The number of primary amides is 1. The third kappa shape index (κ3) is 4.38. The average molecular weight is 479 g/mol. The first-order valence-electron chi connectivity index (χ1n) is 10.8. The number of phenols is 1. The molecule has 176 valence electrons. The molecule has 0 aliphatic heterocycles. The van der Waals surface area contributed by atoms with Crippen LogP contribution in [0.15, 0.2) is 70.5 Å². The molecule has 8 nitrogen and oxygen atoms in total. The minimum absolute atomic E-state index is 0.0445. The Kier molecular flexibility index (Phi) is 5.91. The summed E-state index contributed by atoms with van der Waals surface area (Å²) in [6.45, 7) is 5.93. The molecule has 0 radical (unpaired) electrons. The molecule has 0 saturated carbocycles. The molecule has 3 N–H and O–H groups in total. The lowest BCUT2D eigenvalue weighted by Gasteiger charge is -2.23. The average Bonchev–Trinajstić information content (AvgIpc) is 3.21. The van der Waals surface area contributed by atoms with Gasteiger partial charge in [0.2, 0.25) is 15.7 Å². The highest BCUT2D eigenvalue weighted by molar-refractivity contribution is 7.91. The molecule has 1 amide bonds. The van der Waals surface area contributed by atoms with E-state index in [1.165, 1.54) is 16.8 Å². The van der Waals surface area contributed by atoms with E-state index in [2.05, 4.69) is 10.3 Å². The molecule has 0 fully saturated rings. The highest BCUT2D eigenvalue weighted by Gasteiger charge is 2.24. The minimum atomic E-state index is -3.71. The molecule has 0 atom stereocenters. The summed E-state index contributed by atoms with van der Waals surface area (Å²) in [6.07, 6.45) is 0.588. The fourth-order valence-corrected chi connectivity index (χ4v) is 5.11. The van der Waals surface area contributed by atoms with Gasteiger partial charge >= 0.3 is 0 Å². The number of aryl methyl sites for hydroxylation is 1. The summed E-state index contributed by atoms with van der Waals surface area (Å²) in [7, 11) is -3.71. The van der Waals surface area contributed by atoms with Crippen LogP contribution < -0.4 is 5.73 Å². The van der Waals surface area contributed by atoms with Gasteiger partial charge in [0.15, 0.2) is 0 Å². The van der Waals surface area contributed by atoms with Gasteiger partial charge in [0.05, 0.1) is 15.3 Å². The predicted molar refractivity (Wildman–Crippen MR) is 129 cm³/mol. The Labute approximate surface area is 197 Å². The van der Waals surface area contributed by atoms with Crippen LogP contribution in [-0.2, 0) is 26.5 Å². The van der Waals surface area contributed by atoms with E-state index < -0.39 is 15.7 Å². The smallest absolute Gasteiger partial charge is 0.217 e. The number of nitrogens with zero attached hydrogens (tertiary/aromatic N) is 3. The molecule has 4 rings (SSSR count). The first-order chi connectivity index (χ1) is 16.0. The van der Waals surface area contributed by atoms with Gasteiger partial charge in [-0.2, -0.15) is 0 Å². The SMILES string of the molecule is CC(C)(C)c1cc(CCC(N)=O)cc(-n2nnc3cc(S(=O)(=O)c4ccccc4)ccc32)c1O. The quantitative estimate of drug-likeness (QED) is 0.435. The van der Waals surface area contributed by atoms with Gasteiger partial charge in [0.25, 0.3) is 0 Å². The van der Waals surface area contributed by atoms with Crippen LogP contribution in [0.3, 0.4) is 0 Å². The maximum Gasteiger partial charge on any atom is 0.217 e. The van der Waals surface area contributed by atoms with Crippen molar-refractivity contribution in [2.24, 2.45) is 5.73 Å². The number of sulfone groups is 1. The second-order valence-electron chi connectivity index (χ2n) is 9.20. The van der Waals surface area contributed by atoms with Crippen molar-refractivity contribution in [2.45, 2.75) is 48.8 Å². The van der Waals surface area contributed by atoms with Crippen molar-refractivity contribution in [2.75, 3.05) is 0 Å². The summed E-state index contributed by atoms with van der Waals surface area (Å²) in [5.74, 6) is -0.367. The van der Waals surface area contributed by atoms with Crippen LogP contribution in [-0.4, -0.2) is 34.4 Å². The lowest BCUT2D eigenvalue weighted by Crippen LogP contribution is -2.15. The summed E-state index contributed by atoms with van der Waals surface area (Å²) >= 11 is 0. The van der Waals surface area contributed by atoms with Crippen LogP contribution in [0.5, 0.6) is 5.75 Å². The standard InChI is InChI=1S/C25H26N4O4S/c1-25(2,3)19-13-16(9-12-23(26)30)14-22(24(19)31)29-21-11-10-18(15-20(21)27-28-29)34(32,33)17-7-5-4-6-8-17/h4-8,10-11,13-15,31H,9,12H2,1-3H3,(H2,26,30). The summed E-state index contributed by atoms with van der Waals surface area (Å²) in [6, 6.07) is 16.4. The van der Waals surface area contributed by atoms with Crippen LogP contribution in [0.4, 0.5) is 0 Å². The minimum Gasteiger partial charge on any atom is -0.505 e. The molecule has 1 heterocycles. The molecule has 34 heavy (non-hydrogen) atoms. The molecule has 3 aromatic carbocycles. The van der Waals surface area contributed by atoms with Gasteiger partial charge in [0, 0.05) is 12.0 Å². The van der Waals surface area contributed by atoms with E-state index in [0.29, 0.717) is 28.7 Å². The first-order valence-corrected chi connectivity index (χ1v) is 12.3. The van der Waals surface area contributed by atoms with Gasteiger partial charge in [-0.1, -0.05) is 50.3 Å². The highest BCUT2D eigenvalue weighted by atomic mass is 32.2. The van der Waals surface area contributed by atoms with Gasteiger partial charge in [-0.15, -0.1) is 5.10 Å². The molecular formula is C25H26N4O4S. The second-order valence-corrected chi connectivity index (χ2v) is 11.1. The van der Waals surface area contributed by atoms with Crippen molar-refractivity contribution in [3.8, 4) is 11.4 Å². The molecular weight excluding hydrogens is 452 g/mol. The van der Waals surface area contributed by atoms with E-state index in [1.807, 2.05) is 26.8 Å². The van der Waals surface area contributed by atoms with E-state index in [1.54, 1.807) is 42.5 Å². The van der Waals surface area contributed by atoms with Crippen LogP contribution >= 0.6 is 0 Å². The van der Waals surface area contributed by atoms with Crippen molar-refractivity contribution in [1.82, 2.24) is 15.0 Å². The molecule has 9 heteroatoms. The van der Waals surface area contributed by atoms with E-state index in [0.717, 1.165) is 5.56 Å². The van der Waals surface area contributed by atoms with Gasteiger partial charge in [-0.05, 0) is 53.8 Å². The summed E-state index contributed by atoms with van der Waals surface area (Å²) < 4.78 is 27.5. The zero-order chi connectivity index (χ0) is 24.7. The van der Waals surface area contributed by atoms with Crippen LogP contribution in [0.2, 0.25) is 0 Å². The van der Waals surface area contributed by atoms with E-state index in [4.69, 9.17) is 5.73 Å². The number of rotatable bonds is 6. The number of hydrogen-bond acceptors (Lipinski definition) is 6. The number of aromatic nitrogens is 3. The molecule has 0 unspecified atom stereocenters. The van der Waals surface area contributed by atoms with E-state index in [-0.39, 0.29) is 27.4 Å². The molecule has 0 saturated heterocycles. The monoisotopic (exact) mass is 478 g/mol. The predicted octanol–water partition coefficient (Wildman–Crippen LogP) is 3.67. The molecule has 0 aliphatic carbocycles. The Morgan fingerprint density at radius 1 is 1.03 bits per heavy atom. The number of hydrogen-bond donors (Lipinski definition) is 2. The van der Waals surface area contributed by atoms with Gasteiger partial charge < -0.3 is 10.8 Å². The number of amides is 1. The van der Waals surface area contributed by atoms with Crippen molar-refractivity contribution >= 4 is 26.8 Å². The van der Waals surface area contributed by atoms with Gasteiger partial charge in [-0.3, -0.25) is 4.79 Å². The number of carbonyl (C=O) groups is 1. The zero-order valence-electron chi connectivity index (χ0n) is 19.2. The topological polar surface area (TPSA) is 128 Å². The first kappa shape index (κ1) is 23.4. The summed E-state index contributed by atoms with van der Waals surface area (Å²) in [4.78, 5) is 11.6. The third-order valence-corrected chi connectivity index (χ3v) is 7.39. The van der Waals surface area contributed by atoms with E-state index in [9.17, 15) is 18.3 Å². The molecule has 0 aliphatic rings. The van der Waals surface area contributed by atoms with Crippen LogP contribution in [0.1, 0.15) is 38.3 Å². The van der Waals surface area contributed by atoms with Crippen LogP contribution in [0, 0.1) is 0 Å². The largest absolute Gasteiger partial charge is 0.505 e. The fraction of sp³-hybridized carbons (Fsp3) is 0.240. The van der Waals surface area contributed by atoms with Crippen molar-refractivity contribution in [3.63, 3.8) is 0 Å². The van der Waals surface area contributed by atoms with Crippen molar-refractivity contribution < 1.29 is 18.3 Å². The lowest BCUT2D eigenvalue weighted by atomic mass is 9.84. The Morgan fingerprint density at radius 2 is 1.74 bits per heavy atom. The number of aromatic hydroxyl groups is 1. The maximum atomic E-state index is 13.0. The molecule has 0 spiro atoms. The Morgan fingerprint density at radius 3 is 2.38 bits per heavy atom. The van der Waals surface area contributed by atoms with Gasteiger partial charge in [0.1, 0.15) is 17.0 Å². The third-order valence-electron chi connectivity index (χ3n) is 5.63. The Bertz CT molecular complexity index is 1490. The Balaban J connectivity index is 1.84. The number of nitrogens with two attached hydrogens (primary N) is 1. The highest BCUT2D eigenvalue weighted by Crippen LogP contribution is 2.37. The van der Waals surface area contributed by atoms with Gasteiger partial charge in [-0.25, -0.2) is 13.1 Å². The number of carbonyl (C=O) groups excluding carboxylic acids is 1. The lowest BCUT2D eigenvalue weighted by molar-refractivity contribution is -0.117. The Hall–Kier alpha value is -3.72. The zero-order valence-corrected chi connectivity index (χ0v) is 20.0. The fourth-order valence-electron chi connectivity index (χ4n) is 3.81. The van der Waals surface area contributed by atoms with Crippen LogP contribution in [0.25, 0.3) is 16.7 Å². The second kappa shape index (κ2) is 8.57. The molecule has 0 bridgehead atoms. The normalized spacial score (nSPS) is 12.2. The van der Waals surface area contributed by atoms with Crippen molar-refractivity contribution in [3.05, 3.63) is 71.8 Å². The number of benzene rings is 3. The summed E-state index contributed by atoms with van der Waals surface area (Å²) in [5, 5.41) is 19.5.